The molecule has 0 amide bonds. The quantitative estimate of drug-likeness (QED) is 0.378. The second-order valence-electron chi connectivity index (χ2n) is 6.36. The van der Waals surface area contributed by atoms with E-state index in [2.05, 4.69) is 13.5 Å². The van der Waals surface area contributed by atoms with Crippen molar-refractivity contribution in [3.8, 4) is 0 Å². The Balaban J connectivity index is 2.11. The highest BCUT2D eigenvalue weighted by atomic mass is 16.6. The van der Waals surface area contributed by atoms with Crippen molar-refractivity contribution in [3.63, 3.8) is 0 Å². The highest BCUT2D eigenvalue weighted by Gasteiger charge is 2.63. The molecule has 4 heteroatoms. The zero-order chi connectivity index (χ0) is 13.9. The zero-order valence-electron chi connectivity index (χ0n) is 11.3. The van der Waals surface area contributed by atoms with E-state index < -0.39 is 17.5 Å². The largest absolute Gasteiger partial charge is 0.457 e. The number of ketones is 2. The van der Waals surface area contributed by atoms with Crippen molar-refractivity contribution in [2.45, 2.75) is 39.2 Å². The van der Waals surface area contributed by atoms with Crippen molar-refractivity contribution in [2.24, 2.45) is 23.2 Å². The fourth-order valence-corrected chi connectivity index (χ4v) is 4.22. The normalized spacial score (nSPS) is 45.8. The Hall–Kier alpha value is -1.45. The molecule has 5 atom stereocenters. The van der Waals surface area contributed by atoms with Crippen LogP contribution in [0.15, 0.2) is 12.2 Å². The second-order valence-corrected chi connectivity index (χ2v) is 6.36. The molecular formula is C15H18O4. The molecule has 0 spiro atoms. The Morgan fingerprint density at radius 1 is 1.26 bits per heavy atom. The van der Waals surface area contributed by atoms with Crippen LogP contribution in [0.2, 0.25) is 0 Å². The van der Waals surface area contributed by atoms with Gasteiger partial charge in [-0.3, -0.25) is 9.59 Å². The molecule has 0 N–H and O–H groups in total. The van der Waals surface area contributed by atoms with Crippen LogP contribution >= 0.6 is 0 Å². The number of Topliss-reactive ketones (excluding diaryl/α,β-unsaturated/α-hetero) is 2. The Morgan fingerprint density at radius 2 is 1.95 bits per heavy atom. The molecule has 1 heterocycles. The van der Waals surface area contributed by atoms with Gasteiger partial charge in [0.05, 0.1) is 5.41 Å². The number of esters is 1. The monoisotopic (exact) mass is 262 g/mol. The number of ether oxygens (including phenoxy) is 1. The molecule has 3 rings (SSSR count). The van der Waals surface area contributed by atoms with Gasteiger partial charge in [0.15, 0.2) is 5.78 Å². The van der Waals surface area contributed by atoms with Crippen molar-refractivity contribution in [3.05, 3.63) is 12.2 Å². The minimum Gasteiger partial charge on any atom is -0.457 e. The third-order valence-corrected chi connectivity index (χ3v) is 5.44. The molecule has 102 valence electrons. The molecule has 2 saturated carbocycles. The summed E-state index contributed by atoms with van der Waals surface area (Å²) in [6.45, 7) is 7.69. The molecule has 4 nitrogen and oxygen atoms in total. The van der Waals surface area contributed by atoms with Gasteiger partial charge in [-0.1, -0.05) is 13.5 Å². The summed E-state index contributed by atoms with van der Waals surface area (Å²) in [5.41, 5.74) is -0.390. The number of rotatable bonds is 0. The van der Waals surface area contributed by atoms with Gasteiger partial charge in [0, 0.05) is 17.9 Å². The van der Waals surface area contributed by atoms with Crippen molar-refractivity contribution in [1.82, 2.24) is 0 Å². The third-order valence-electron chi connectivity index (χ3n) is 5.44. The van der Waals surface area contributed by atoms with Crippen LogP contribution in [-0.2, 0) is 19.1 Å². The topological polar surface area (TPSA) is 60.4 Å². The van der Waals surface area contributed by atoms with Crippen LogP contribution in [0.5, 0.6) is 0 Å². The van der Waals surface area contributed by atoms with E-state index in [0.29, 0.717) is 12.0 Å². The smallest absolute Gasteiger partial charge is 0.334 e. The highest BCUT2D eigenvalue weighted by molar-refractivity contribution is 6.41. The van der Waals surface area contributed by atoms with E-state index in [9.17, 15) is 14.4 Å². The molecule has 2 aliphatic carbocycles. The van der Waals surface area contributed by atoms with Crippen LogP contribution in [0.1, 0.15) is 33.1 Å². The number of carbonyl (C=O) groups is 3. The predicted octanol–water partition coefficient (Wildman–Crippen LogP) is 1.68. The first-order chi connectivity index (χ1) is 8.87. The standard InChI is InChI=1S/C15H18O4/c1-7-4-5-9-8(2)14(18)19-13(9)15(3)10(7)6-11(16)12(15)17/h7,9-10,13H,2,4-6H2,1,3H3/t7-,9?,10-,13+,15-/m0/s1. The highest BCUT2D eigenvalue weighted by Crippen LogP contribution is 2.55. The van der Waals surface area contributed by atoms with Crippen molar-refractivity contribution >= 4 is 17.5 Å². The van der Waals surface area contributed by atoms with Gasteiger partial charge in [0.25, 0.3) is 0 Å². The maximum atomic E-state index is 12.3. The first kappa shape index (κ1) is 12.6. The molecule has 1 unspecified atom stereocenters. The van der Waals surface area contributed by atoms with Crippen molar-refractivity contribution < 1.29 is 19.1 Å². The van der Waals surface area contributed by atoms with E-state index in [1.165, 1.54) is 0 Å². The lowest BCUT2D eigenvalue weighted by molar-refractivity contribution is -0.153. The minimum atomic E-state index is -0.854. The van der Waals surface area contributed by atoms with E-state index in [1.807, 2.05) is 0 Å². The summed E-state index contributed by atoms with van der Waals surface area (Å²) in [6, 6.07) is 0. The number of fused-ring (bicyclic) bond motifs is 3. The average Bonchev–Trinajstić information content (AvgIpc) is 2.74. The van der Waals surface area contributed by atoms with Crippen molar-refractivity contribution in [2.75, 3.05) is 0 Å². The molecule has 0 radical (unpaired) electrons. The van der Waals surface area contributed by atoms with Crippen LogP contribution < -0.4 is 0 Å². The van der Waals surface area contributed by atoms with Crippen LogP contribution in [0.4, 0.5) is 0 Å². The van der Waals surface area contributed by atoms with Gasteiger partial charge in [-0.05, 0) is 31.6 Å². The Labute approximate surface area is 112 Å². The van der Waals surface area contributed by atoms with Gasteiger partial charge >= 0.3 is 5.97 Å². The molecule has 3 aliphatic rings. The SMILES string of the molecule is C=C1C(=O)O[C@@H]2C1CC[C@H](C)[C@@H]1CC(=O)C(=O)[C@@]21C. The Bertz CT molecular complexity index is 506. The van der Waals surface area contributed by atoms with E-state index in [-0.39, 0.29) is 29.3 Å². The van der Waals surface area contributed by atoms with E-state index >= 15 is 0 Å². The van der Waals surface area contributed by atoms with Crippen LogP contribution in [0, 0.1) is 23.2 Å². The maximum absolute atomic E-state index is 12.3. The van der Waals surface area contributed by atoms with Crippen molar-refractivity contribution in [1.29, 1.82) is 0 Å². The van der Waals surface area contributed by atoms with E-state index in [0.717, 1.165) is 12.8 Å². The van der Waals surface area contributed by atoms with Gasteiger partial charge < -0.3 is 4.74 Å². The Morgan fingerprint density at radius 3 is 2.63 bits per heavy atom. The number of carbonyl (C=O) groups excluding carboxylic acids is 3. The summed E-state index contributed by atoms with van der Waals surface area (Å²) < 4.78 is 5.43. The summed E-state index contributed by atoms with van der Waals surface area (Å²) in [5, 5.41) is 0. The van der Waals surface area contributed by atoms with Crippen LogP contribution in [0.3, 0.4) is 0 Å². The molecule has 1 aliphatic heterocycles. The molecule has 19 heavy (non-hydrogen) atoms. The summed E-state index contributed by atoms with van der Waals surface area (Å²) in [7, 11) is 0. The lowest BCUT2D eigenvalue weighted by Gasteiger charge is -2.35. The van der Waals surface area contributed by atoms with E-state index in [1.54, 1.807) is 6.92 Å². The van der Waals surface area contributed by atoms with Gasteiger partial charge in [0.2, 0.25) is 5.78 Å². The van der Waals surface area contributed by atoms with Crippen LogP contribution in [-0.4, -0.2) is 23.6 Å². The molecule has 0 aromatic rings. The van der Waals surface area contributed by atoms with Gasteiger partial charge in [-0.25, -0.2) is 4.79 Å². The fraction of sp³-hybridized carbons (Fsp3) is 0.667. The summed E-state index contributed by atoms with van der Waals surface area (Å²) in [5.74, 6) is -0.910. The second kappa shape index (κ2) is 3.78. The fourth-order valence-electron chi connectivity index (χ4n) is 4.22. The Kier molecular flexibility index (Phi) is 2.50. The lowest BCUT2D eigenvalue weighted by atomic mass is 9.68. The zero-order valence-corrected chi connectivity index (χ0v) is 11.3. The van der Waals surface area contributed by atoms with E-state index in [4.69, 9.17) is 4.74 Å². The summed E-state index contributed by atoms with van der Waals surface area (Å²) in [4.78, 5) is 35.9. The third kappa shape index (κ3) is 1.43. The first-order valence-electron chi connectivity index (χ1n) is 6.84. The predicted molar refractivity (Wildman–Crippen MR) is 67.1 cm³/mol. The number of hydrogen-bond acceptors (Lipinski definition) is 4. The minimum absolute atomic E-state index is 0.0128. The molecule has 0 aromatic heterocycles. The lowest BCUT2D eigenvalue weighted by Crippen LogP contribution is -2.45. The summed E-state index contributed by atoms with van der Waals surface area (Å²) in [6.07, 6.45) is 1.51. The molecule has 0 aromatic carbocycles. The molecule has 0 bridgehead atoms. The van der Waals surface area contributed by atoms with Gasteiger partial charge in [-0.2, -0.15) is 0 Å². The molecular weight excluding hydrogens is 244 g/mol. The van der Waals surface area contributed by atoms with Gasteiger partial charge in [0.1, 0.15) is 6.10 Å². The maximum Gasteiger partial charge on any atom is 0.334 e. The van der Waals surface area contributed by atoms with Crippen LogP contribution in [0.25, 0.3) is 0 Å². The average molecular weight is 262 g/mol. The molecule has 1 saturated heterocycles. The molecule has 3 fully saturated rings. The first-order valence-corrected chi connectivity index (χ1v) is 6.84. The number of hydrogen-bond donors (Lipinski definition) is 0. The summed E-state index contributed by atoms with van der Waals surface area (Å²) >= 11 is 0. The van der Waals surface area contributed by atoms with Gasteiger partial charge in [-0.15, -0.1) is 0 Å².